The number of aliphatic hydroxyl groups excluding tert-OH is 2. The number of hydrogen-bond acceptors (Lipinski definition) is 4. The Bertz CT molecular complexity index is 408. The van der Waals surface area contributed by atoms with Gasteiger partial charge in [-0.3, -0.25) is 0 Å². The van der Waals surface area contributed by atoms with E-state index in [9.17, 15) is 19.0 Å². The summed E-state index contributed by atoms with van der Waals surface area (Å²) in [7, 11) is 0. The Morgan fingerprint density at radius 2 is 1.81 bits per heavy atom. The third kappa shape index (κ3) is 2.33. The molecule has 0 aliphatic rings. The van der Waals surface area contributed by atoms with E-state index >= 15 is 0 Å². The summed E-state index contributed by atoms with van der Waals surface area (Å²) in [5.74, 6) is -2.17. The van der Waals surface area contributed by atoms with E-state index in [1.165, 1.54) is 6.07 Å². The minimum absolute atomic E-state index is 0.160. The predicted molar refractivity (Wildman–Crippen MR) is 51.1 cm³/mol. The van der Waals surface area contributed by atoms with Gasteiger partial charge in [-0.05, 0) is 17.7 Å². The average Bonchev–Trinajstić information content (AvgIpc) is 2.26. The molecule has 0 aliphatic carbocycles. The molecule has 4 nitrogen and oxygen atoms in total. The molecule has 0 aliphatic heterocycles. The monoisotopic (exact) mass is 228 g/mol. The molecule has 1 aromatic rings. The maximum Gasteiger partial charge on any atom is 0.144 e. The van der Waals surface area contributed by atoms with Gasteiger partial charge >= 0.3 is 0 Å². The van der Waals surface area contributed by atoms with Crippen molar-refractivity contribution in [1.82, 2.24) is 0 Å². The zero-order chi connectivity index (χ0) is 12.3. The van der Waals surface area contributed by atoms with E-state index in [4.69, 9.17) is 11.0 Å². The Kier molecular flexibility index (Phi) is 3.90. The van der Waals surface area contributed by atoms with Gasteiger partial charge in [-0.1, -0.05) is 0 Å². The van der Waals surface area contributed by atoms with E-state index in [2.05, 4.69) is 0 Å². The highest BCUT2D eigenvalue weighted by atomic mass is 19.1. The van der Waals surface area contributed by atoms with Crippen LogP contribution >= 0.6 is 0 Å². The Hall–Kier alpha value is -1.55. The molecule has 0 saturated heterocycles. The van der Waals surface area contributed by atoms with Crippen LogP contribution in [0, 0.1) is 23.0 Å². The number of aliphatic hydroxyl groups is 2. The third-order valence-corrected chi connectivity index (χ3v) is 2.12. The molecule has 6 heteroatoms. The van der Waals surface area contributed by atoms with Gasteiger partial charge in [0.1, 0.15) is 29.4 Å². The molecule has 2 atom stereocenters. The molecule has 0 saturated carbocycles. The highest BCUT2D eigenvalue weighted by Gasteiger charge is 2.20. The van der Waals surface area contributed by atoms with E-state index in [-0.39, 0.29) is 12.1 Å². The fourth-order valence-corrected chi connectivity index (χ4v) is 1.22. The van der Waals surface area contributed by atoms with Gasteiger partial charge in [0.15, 0.2) is 0 Å². The fraction of sp³-hybridized carbons (Fsp3) is 0.300. The lowest BCUT2D eigenvalue weighted by atomic mass is 10.0. The first-order chi connectivity index (χ1) is 7.51. The molecule has 0 heterocycles. The van der Waals surface area contributed by atoms with E-state index in [1.807, 2.05) is 0 Å². The quantitative estimate of drug-likeness (QED) is 0.688. The molecule has 0 amide bonds. The molecule has 4 N–H and O–H groups in total. The average molecular weight is 228 g/mol. The van der Waals surface area contributed by atoms with Crippen molar-refractivity contribution >= 4 is 0 Å². The lowest BCUT2D eigenvalue weighted by Gasteiger charge is -2.16. The van der Waals surface area contributed by atoms with Gasteiger partial charge in [0.2, 0.25) is 0 Å². The van der Waals surface area contributed by atoms with Gasteiger partial charge in [0, 0.05) is 6.54 Å². The fourth-order valence-electron chi connectivity index (χ4n) is 1.22. The van der Waals surface area contributed by atoms with Crippen molar-refractivity contribution in [2.24, 2.45) is 5.73 Å². The number of hydrogen-bond donors (Lipinski definition) is 3. The summed E-state index contributed by atoms with van der Waals surface area (Å²) in [6, 6.07) is 2.95. The summed E-state index contributed by atoms with van der Waals surface area (Å²) >= 11 is 0. The minimum atomic E-state index is -1.48. The number of halogens is 2. The van der Waals surface area contributed by atoms with Crippen molar-refractivity contribution < 1.29 is 19.0 Å². The normalized spacial score (nSPS) is 14.2. The standard InChI is InChI=1S/C10H10F2N2O2/c11-7-1-5(10(16)9(15)4-14)2-8(12)6(7)3-13/h1-2,9-10,15-16H,4,14H2. The summed E-state index contributed by atoms with van der Waals surface area (Å²) in [6.45, 7) is -0.246. The van der Waals surface area contributed by atoms with Crippen molar-refractivity contribution in [2.75, 3.05) is 6.54 Å². The van der Waals surface area contributed by atoms with Gasteiger partial charge in [-0.25, -0.2) is 8.78 Å². The van der Waals surface area contributed by atoms with Crippen LogP contribution in [0.1, 0.15) is 17.2 Å². The van der Waals surface area contributed by atoms with Gasteiger partial charge in [0.25, 0.3) is 0 Å². The summed E-state index contributed by atoms with van der Waals surface area (Å²) in [5, 5.41) is 27.1. The van der Waals surface area contributed by atoms with E-state index in [0.29, 0.717) is 0 Å². The third-order valence-electron chi connectivity index (χ3n) is 2.12. The molecule has 1 rings (SSSR count). The SMILES string of the molecule is N#Cc1c(F)cc(C(O)C(O)CN)cc1F. The minimum Gasteiger partial charge on any atom is -0.389 e. The molecule has 2 unspecified atom stereocenters. The van der Waals surface area contributed by atoms with E-state index < -0.39 is 29.4 Å². The van der Waals surface area contributed by atoms with Crippen LogP contribution in [-0.2, 0) is 0 Å². The molecule has 0 bridgehead atoms. The zero-order valence-electron chi connectivity index (χ0n) is 8.19. The second kappa shape index (κ2) is 4.99. The zero-order valence-corrected chi connectivity index (χ0v) is 8.19. The molecule has 0 radical (unpaired) electrons. The van der Waals surface area contributed by atoms with Crippen LogP contribution in [0.3, 0.4) is 0 Å². The second-order valence-corrected chi connectivity index (χ2v) is 3.22. The van der Waals surface area contributed by atoms with Crippen LogP contribution in [-0.4, -0.2) is 22.9 Å². The van der Waals surface area contributed by atoms with Crippen LogP contribution in [0.25, 0.3) is 0 Å². The summed E-state index contributed by atoms with van der Waals surface area (Å²) in [5.41, 5.74) is 4.21. The molecule has 86 valence electrons. The topological polar surface area (TPSA) is 90.3 Å². The van der Waals surface area contributed by atoms with E-state index in [0.717, 1.165) is 12.1 Å². The first-order valence-electron chi connectivity index (χ1n) is 4.46. The first kappa shape index (κ1) is 12.5. The molecule has 0 fully saturated rings. The number of rotatable bonds is 3. The first-order valence-corrected chi connectivity index (χ1v) is 4.46. The molecule has 0 spiro atoms. The summed E-state index contributed by atoms with van der Waals surface area (Å²) in [6.07, 6.45) is -2.80. The molecular weight excluding hydrogens is 218 g/mol. The molecule has 16 heavy (non-hydrogen) atoms. The Morgan fingerprint density at radius 3 is 2.19 bits per heavy atom. The Labute approximate surface area is 90.5 Å². The smallest absolute Gasteiger partial charge is 0.144 e. The van der Waals surface area contributed by atoms with Crippen molar-refractivity contribution in [1.29, 1.82) is 5.26 Å². The van der Waals surface area contributed by atoms with Crippen molar-refractivity contribution in [3.05, 3.63) is 34.9 Å². The molecular formula is C10H10F2N2O2. The van der Waals surface area contributed by atoms with Crippen molar-refractivity contribution in [3.63, 3.8) is 0 Å². The van der Waals surface area contributed by atoms with Gasteiger partial charge in [-0.15, -0.1) is 0 Å². The largest absolute Gasteiger partial charge is 0.389 e. The number of nitrogens with two attached hydrogens (primary N) is 1. The summed E-state index contributed by atoms with van der Waals surface area (Å²) < 4.78 is 26.3. The van der Waals surface area contributed by atoms with Crippen LogP contribution in [0.2, 0.25) is 0 Å². The number of benzene rings is 1. The van der Waals surface area contributed by atoms with Crippen LogP contribution in [0.5, 0.6) is 0 Å². The Balaban J connectivity index is 3.14. The highest BCUT2D eigenvalue weighted by molar-refractivity contribution is 5.36. The van der Waals surface area contributed by atoms with Gasteiger partial charge < -0.3 is 15.9 Å². The lowest BCUT2D eigenvalue weighted by Crippen LogP contribution is -2.27. The maximum atomic E-state index is 13.2. The highest BCUT2D eigenvalue weighted by Crippen LogP contribution is 2.21. The van der Waals surface area contributed by atoms with Crippen LogP contribution < -0.4 is 5.73 Å². The predicted octanol–water partition coefficient (Wildman–Crippen LogP) is 0.189. The summed E-state index contributed by atoms with van der Waals surface area (Å²) in [4.78, 5) is 0. The van der Waals surface area contributed by atoms with E-state index in [1.54, 1.807) is 0 Å². The van der Waals surface area contributed by atoms with Gasteiger partial charge in [-0.2, -0.15) is 5.26 Å². The second-order valence-electron chi connectivity index (χ2n) is 3.22. The lowest BCUT2D eigenvalue weighted by molar-refractivity contribution is 0.0240. The van der Waals surface area contributed by atoms with Gasteiger partial charge in [0.05, 0.1) is 6.10 Å². The van der Waals surface area contributed by atoms with Crippen LogP contribution in [0.4, 0.5) is 8.78 Å². The number of nitrogens with zero attached hydrogens (tertiary/aromatic N) is 1. The van der Waals surface area contributed by atoms with Crippen molar-refractivity contribution in [2.45, 2.75) is 12.2 Å². The molecule has 0 aromatic heterocycles. The maximum absolute atomic E-state index is 13.2. The van der Waals surface area contributed by atoms with Crippen LogP contribution in [0.15, 0.2) is 12.1 Å². The molecule has 1 aromatic carbocycles. The number of nitriles is 1. The van der Waals surface area contributed by atoms with Crippen molar-refractivity contribution in [3.8, 4) is 6.07 Å². The Morgan fingerprint density at radius 1 is 1.31 bits per heavy atom.